The fourth-order valence-corrected chi connectivity index (χ4v) is 13.3. The summed E-state index contributed by atoms with van der Waals surface area (Å²) in [5.41, 5.74) is -0.314. The predicted octanol–water partition coefficient (Wildman–Crippen LogP) is -6.61. The Kier molecular flexibility index (Phi) is 14.1. The molecule has 2 unspecified atom stereocenters. The topological polar surface area (TPSA) is 200 Å². The molecule has 5 aliphatic carbocycles. The second-order valence-electron chi connectivity index (χ2n) is 18.3. The van der Waals surface area contributed by atoms with Crippen LogP contribution < -0.4 is 104 Å². The molecule has 1 heterocycles. The van der Waals surface area contributed by atoms with Crippen molar-refractivity contribution in [2.24, 2.45) is 50.2 Å². The first-order valence-electron chi connectivity index (χ1n) is 17.8. The molecule has 0 amide bonds. The molecule has 6 aliphatic rings. The van der Waals surface area contributed by atoms with E-state index in [-0.39, 0.29) is 128 Å². The van der Waals surface area contributed by atoms with Gasteiger partial charge in [-0.2, -0.15) is 8.42 Å². The van der Waals surface area contributed by atoms with Gasteiger partial charge in [0.2, 0.25) is 0 Å². The molecule has 0 aromatic heterocycles. The van der Waals surface area contributed by atoms with E-state index in [0.717, 1.165) is 38.5 Å². The molecule has 0 aromatic rings. The molecule has 0 bridgehead atoms. The summed E-state index contributed by atoms with van der Waals surface area (Å²) >= 11 is 0. The predicted molar refractivity (Wildman–Crippen MR) is 169 cm³/mol. The van der Waals surface area contributed by atoms with Crippen LogP contribution in [0.25, 0.3) is 0 Å². The van der Waals surface area contributed by atoms with Gasteiger partial charge in [0.1, 0.15) is 0 Å². The van der Waals surface area contributed by atoms with Gasteiger partial charge in [-0.15, -0.1) is 6.61 Å². The summed E-state index contributed by atoms with van der Waals surface area (Å²) in [6, 6.07) is 0. The van der Waals surface area contributed by atoms with E-state index in [0.29, 0.717) is 25.7 Å². The maximum atomic E-state index is 13.3. The number of fused-ring (bicyclic) bond motifs is 7. The number of ether oxygens (including phenoxy) is 2. The average molecular weight is 765 g/mol. The van der Waals surface area contributed by atoms with Gasteiger partial charge >= 0.3 is 105 Å². The summed E-state index contributed by atoms with van der Waals surface area (Å²) in [6.07, 6.45) is 0.431. The van der Waals surface area contributed by atoms with Crippen molar-refractivity contribution >= 4 is 16.1 Å². The zero-order valence-electron chi connectivity index (χ0n) is 32.5. The number of allylic oxidation sites excluding steroid dienone is 2. The molecule has 51 heavy (non-hydrogen) atoms. The monoisotopic (exact) mass is 764 g/mol. The SMILES string of the molecule is CC1(C(=O)O)CC[C@]2(C)CC[C@]3(C)C(=CC[C@@H]4[C@@]5(C)CC[C@H](O[C@]6(S(=O)(=O)O)O[C@H](C[O-])[C@@H]([O-])[C@H](O)[C@H]6[O-])C(C)(C)C5CC[C@]43C)[C@@H]2C1.[Na+].[Na+].[Na+]. The zero-order valence-corrected chi connectivity index (χ0v) is 39.3. The van der Waals surface area contributed by atoms with Gasteiger partial charge in [0.05, 0.1) is 11.5 Å². The molecular formula is C36H55Na3O11S. The van der Waals surface area contributed by atoms with Gasteiger partial charge in [-0.25, -0.2) is 0 Å². The van der Waals surface area contributed by atoms with Crippen molar-refractivity contribution in [2.75, 3.05) is 6.61 Å². The number of aliphatic carboxylic acids is 1. The number of rotatable bonds is 5. The first-order chi connectivity index (χ1) is 22.0. The van der Waals surface area contributed by atoms with E-state index >= 15 is 0 Å². The Morgan fingerprint density at radius 2 is 1.55 bits per heavy atom. The summed E-state index contributed by atoms with van der Waals surface area (Å²) in [6.45, 7) is 14.2. The number of hydrogen-bond donors (Lipinski definition) is 3. The van der Waals surface area contributed by atoms with Crippen LogP contribution in [-0.2, 0) is 24.4 Å². The molecule has 5 fully saturated rings. The number of aliphatic hydroxyl groups is 1. The molecule has 6 rings (SSSR count). The minimum Gasteiger partial charge on any atom is -0.853 e. The van der Waals surface area contributed by atoms with Crippen LogP contribution in [0, 0.1) is 50.2 Å². The summed E-state index contributed by atoms with van der Waals surface area (Å²) in [7, 11) is -5.45. The van der Waals surface area contributed by atoms with E-state index in [9.17, 15) is 43.3 Å². The largest absolute Gasteiger partial charge is 1.00 e. The standard InChI is InChI=1S/C36H55O11S.3Na/c1-30(2)23-10-13-35(7)24(9-8-20-21-18-32(4,29(41)42)15-14-31(21,3)16-17-34(20,35)6)33(23,5)12-11-25(30)47-36(48(43,44)45)28(40)27(39)26(38)22(19-37)46-36;;;/h8,21-28,39H,9-19H2,1-7H3,(H,41,42)(H,43,44,45);;;/q-3;3*+1/t21-,22+,23?,24+,25-,26+,27-,28+,31+,32?,33-,34+,35+,36+;;;/m0.../s1. The van der Waals surface area contributed by atoms with Crippen molar-refractivity contribution in [3.05, 3.63) is 11.6 Å². The van der Waals surface area contributed by atoms with E-state index in [1.807, 2.05) is 20.8 Å². The van der Waals surface area contributed by atoms with Crippen LogP contribution in [0.5, 0.6) is 0 Å². The summed E-state index contributed by atoms with van der Waals surface area (Å²) in [5.74, 6) is -0.198. The van der Waals surface area contributed by atoms with Crippen molar-refractivity contribution in [2.45, 2.75) is 148 Å². The molecule has 0 radical (unpaired) electrons. The van der Waals surface area contributed by atoms with Crippen molar-refractivity contribution < 1.29 is 141 Å². The van der Waals surface area contributed by atoms with Gasteiger partial charge in [-0.1, -0.05) is 59.3 Å². The second kappa shape index (κ2) is 15.2. The van der Waals surface area contributed by atoms with Gasteiger partial charge in [0.15, 0.2) is 0 Å². The van der Waals surface area contributed by atoms with Gasteiger partial charge in [-0.3, -0.25) is 9.35 Å². The van der Waals surface area contributed by atoms with E-state index in [1.54, 1.807) is 0 Å². The van der Waals surface area contributed by atoms with Crippen LogP contribution in [0.4, 0.5) is 0 Å². The Morgan fingerprint density at radius 1 is 0.941 bits per heavy atom. The Bertz CT molecular complexity index is 1480. The Morgan fingerprint density at radius 3 is 2.12 bits per heavy atom. The van der Waals surface area contributed by atoms with Crippen LogP contribution >= 0.6 is 0 Å². The van der Waals surface area contributed by atoms with E-state index < -0.39 is 69.2 Å². The molecule has 0 spiro atoms. The van der Waals surface area contributed by atoms with E-state index in [1.165, 1.54) is 5.57 Å². The first kappa shape index (κ1) is 47.3. The Balaban J connectivity index is 0.00000234. The molecule has 4 saturated carbocycles. The minimum absolute atomic E-state index is 0. The Hall–Kier alpha value is 1.88. The van der Waals surface area contributed by atoms with Crippen LogP contribution in [0.1, 0.15) is 113 Å². The fourth-order valence-electron chi connectivity index (χ4n) is 12.4. The van der Waals surface area contributed by atoms with Gasteiger partial charge in [-0.05, 0) is 122 Å². The molecule has 1 aliphatic heterocycles. The maximum absolute atomic E-state index is 13.3. The van der Waals surface area contributed by atoms with E-state index in [2.05, 4.69) is 33.8 Å². The fraction of sp³-hybridized carbons (Fsp3) is 0.917. The smallest absolute Gasteiger partial charge is 0.853 e. The minimum atomic E-state index is -5.45. The molecule has 14 atom stereocenters. The molecule has 11 nitrogen and oxygen atoms in total. The van der Waals surface area contributed by atoms with Crippen molar-refractivity contribution in [3.63, 3.8) is 0 Å². The molecule has 274 valence electrons. The normalized spacial score (nSPS) is 50.2. The molecular weight excluding hydrogens is 709 g/mol. The third-order valence-corrected chi connectivity index (χ3v) is 16.9. The number of carbonyl (C=O) groups is 1. The number of carboxylic acids is 1. The van der Waals surface area contributed by atoms with Gasteiger partial charge in [0, 0.05) is 12.2 Å². The van der Waals surface area contributed by atoms with E-state index in [4.69, 9.17) is 9.47 Å². The van der Waals surface area contributed by atoms with Gasteiger partial charge < -0.3 is 35.0 Å². The van der Waals surface area contributed by atoms with Gasteiger partial charge in [0.25, 0.3) is 5.12 Å². The van der Waals surface area contributed by atoms with Crippen LogP contribution in [0.15, 0.2) is 11.6 Å². The van der Waals surface area contributed by atoms with Crippen molar-refractivity contribution in [3.8, 4) is 0 Å². The number of hydrogen-bond acceptors (Lipinski definition) is 9. The third-order valence-electron chi connectivity index (χ3n) is 15.8. The molecule has 0 aromatic carbocycles. The Labute approximate surface area is 370 Å². The number of carboxylic acid groups (broad SMARTS) is 1. The zero-order chi connectivity index (χ0) is 35.7. The molecule has 15 heteroatoms. The van der Waals surface area contributed by atoms with Crippen LogP contribution in [-0.4, -0.2) is 71.4 Å². The maximum Gasteiger partial charge on any atom is 1.00 e. The molecule has 1 saturated heterocycles. The number of aliphatic hydroxyl groups excluding tert-OH is 1. The second-order valence-corrected chi connectivity index (χ2v) is 19.8. The van der Waals surface area contributed by atoms with Crippen LogP contribution in [0.3, 0.4) is 0 Å². The summed E-state index contributed by atoms with van der Waals surface area (Å²) in [4.78, 5) is 12.4. The summed E-state index contributed by atoms with van der Waals surface area (Å²) < 4.78 is 47.3. The van der Waals surface area contributed by atoms with Crippen molar-refractivity contribution in [1.29, 1.82) is 0 Å². The average Bonchev–Trinajstić information content (AvgIpc) is 2.99. The molecule has 3 N–H and O–H groups in total. The van der Waals surface area contributed by atoms with Crippen LogP contribution in [0.2, 0.25) is 0 Å². The summed E-state index contributed by atoms with van der Waals surface area (Å²) in [5, 5.41) is 54.8. The third kappa shape index (κ3) is 6.79. The quantitative estimate of drug-likeness (QED) is 0.104. The van der Waals surface area contributed by atoms with Crippen molar-refractivity contribution in [1.82, 2.24) is 0 Å². The first-order valence-corrected chi connectivity index (χ1v) is 19.3.